The number of carbonyl (C=O) groups is 1. The van der Waals surface area contributed by atoms with Gasteiger partial charge in [-0.25, -0.2) is 0 Å². The summed E-state index contributed by atoms with van der Waals surface area (Å²) in [4.78, 5) is 12.2. The van der Waals surface area contributed by atoms with E-state index in [2.05, 4.69) is 0 Å². The normalized spacial score (nSPS) is 20.3. The predicted molar refractivity (Wildman–Crippen MR) is 71.0 cm³/mol. The van der Waals surface area contributed by atoms with Crippen molar-refractivity contribution in [2.75, 3.05) is 0 Å². The minimum absolute atomic E-state index is 0.141. The van der Waals surface area contributed by atoms with Crippen LogP contribution < -0.4 is 9.84 Å². The molecule has 0 saturated heterocycles. The van der Waals surface area contributed by atoms with Crippen LogP contribution >= 0.6 is 0 Å². The Morgan fingerprint density at radius 2 is 1.77 bits per heavy atom. The first kappa shape index (κ1) is 14.0. The standard InChI is InChI=1S/C15H12O7/c16-7-4-10(19)12-11(5-7)22-15(14(21)13(12)20)6-1-2-8(17)9(18)3-6/h1-5,14-19,21H/p-1/t14-,15-/m0/s1. The van der Waals surface area contributed by atoms with E-state index in [9.17, 15) is 30.3 Å². The Bertz CT molecular complexity index is 769. The summed E-state index contributed by atoms with van der Waals surface area (Å²) >= 11 is 0. The van der Waals surface area contributed by atoms with Crippen LogP contribution in [0.25, 0.3) is 0 Å². The molecule has 2 aromatic rings. The molecule has 1 heterocycles. The minimum Gasteiger partial charge on any atom is -0.872 e. The molecule has 22 heavy (non-hydrogen) atoms. The quantitative estimate of drug-likeness (QED) is 0.566. The van der Waals surface area contributed by atoms with Crippen molar-refractivity contribution in [3.05, 3.63) is 41.5 Å². The molecular weight excluding hydrogens is 292 g/mol. The highest BCUT2D eigenvalue weighted by Gasteiger charge is 2.37. The zero-order valence-corrected chi connectivity index (χ0v) is 11.1. The third-order valence-electron chi connectivity index (χ3n) is 3.43. The van der Waals surface area contributed by atoms with Gasteiger partial charge in [0, 0.05) is 6.07 Å². The van der Waals surface area contributed by atoms with Crippen molar-refractivity contribution < 1.29 is 35.1 Å². The summed E-state index contributed by atoms with van der Waals surface area (Å²) in [5.41, 5.74) is -0.0952. The van der Waals surface area contributed by atoms with Gasteiger partial charge >= 0.3 is 0 Å². The largest absolute Gasteiger partial charge is 0.872 e. The van der Waals surface area contributed by atoms with Gasteiger partial charge in [-0.05, 0) is 23.8 Å². The van der Waals surface area contributed by atoms with Gasteiger partial charge in [-0.2, -0.15) is 0 Å². The first-order chi connectivity index (χ1) is 10.4. The molecule has 0 unspecified atom stereocenters. The Morgan fingerprint density at radius 3 is 2.45 bits per heavy atom. The monoisotopic (exact) mass is 303 g/mol. The van der Waals surface area contributed by atoms with E-state index in [1.54, 1.807) is 0 Å². The number of Topliss-reactive ketones (excluding diaryl/α,β-unsaturated/α-hetero) is 1. The van der Waals surface area contributed by atoms with Crippen molar-refractivity contribution in [2.45, 2.75) is 12.2 Å². The molecule has 7 nitrogen and oxygen atoms in total. The van der Waals surface area contributed by atoms with Crippen LogP contribution in [0.1, 0.15) is 22.0 Å². The summed E-state index contributed by atoms with van der Waals surface area (Å²) in [5.74, 6) is -2.87. The van der Waals surface area contributed by atoms with E-state index in [-0.39, 0.29) is 28.4 Å². The summed E-state index contributed by atoms with van der Waals surface area (Å²) in [6.45, 7) is 0. The second-order valence-electron chi connectivity index (χ2n) is 4.91. The molecule has 114 valence electrons. The lowest BCUT2D eigenvalue weighted by Gasteiger charge is -2.32. The number of fused-ring (bicyclic) bond motifs is 1. The van der Waals surface area contributed by atoms with Crippen molar-refractivity contribution in [2.24, 2.45) is 0 Å². The maximum absolute atomic E-state index is 12.2. The number of phenols is 3. The van der Waals surface area contributed by atoms with Crippen LogP contribution in [-0.4, -0.2) is 32.3 Å². The van der Waals surface area contributed by atoms with Crippen molar-refractivity contribution in [1.29, 1.82) is 0 Å². The molecule has 1 aliphatic heterocycles. The van der Waals surface area contributed by atoms with Crippen molar-refractivity contribution in [1.82, 2.24) is 0 Å². The first-order valence-corrected chi connectivity index (χ1v) is 6.33. The Kier molecular flexibility index (Phi) is 3.07. The van der Waals surface area contributed by atoms with Crippen molar-refractivity contribution in [3.63, 3.8) is 0 Å². The smallest absolute Gasteiger partial charge is 0.198 e. The fourth-order valence-electron chi connectivity index (χ4n) is 2.37. The Balaban J connectivity index is 2.08. The summed E-state index contributed by atoms with van der Waals surface area (Å²) < 4.78 is 5.43. The summed E-state index contributed by atoms with van der Waals surface area (Å²) in [6.07, 6.45) is -2.82. The molecule has 2 aromatic carbocycles. The highest BCUT2D eigenvalue weighted by Crippen LogP contribution is 2.41. The maximum atomic E-state index is 12.2. The lowest BCUT2D eigenvalue weighted by molar-refractivity contribution is -0.269. The molecule has 0 saturated carbocycles. The number of phenolic OH excluding ortho intramolecular Hbond substituents is 3. The lowest BCUT2D eigenvalue weighted by Crippen LogP contribution is -2.36. The molecule has 0 aliphatic carbocycles. The van der Waals surface area contributed by atoms with Gasteiger partial charge in [-0.15, -0.1) is 0 Å². The van der Waals surface area contributed by atoms with Gasteiger partial charge in [0.15, 0.2) is 29.5 Å². The predicted octanol–water partition coefficient (Wildman–Crippen LogP) is 0.554. The van der Waals surface area contributed by atoms with E-state index in [1.807, 2.05) is 0 Å². The van der Waals surface area contributed by atoms with E-state index in [1.165, 1.54) is 12.1 Å². The SMILES string of the molecule is O=C1c2c([O-])cc(O)cc2O[C@@H](c2ccc(O)c(O)c2)[C@H]1O. The molecular formula is C15H11O7-. The molecule has 3 rings (SSSR count). The average molecular weight is 303 g/mol. The fourth-order valence-corrected chi connectivity index (χ4v) is 2.37. The third-order valence-corrected chi connectivity index (χ3v) is 3.43. The van der Waals surface area contributed by atoms with Crippen molar-refractivity contribution in [3.8, 4) is 28.7 Å². The Hall–Kier alpha value is -2.93. The summed E-state index contributed by atoms with van der Waals surface area (Å²) in [5, 5.41) is 50.0. The van der Waals surface area contributed by atoms with Gasteiger partial charge in [0.05, 0.1) is 5.56 Å². The fraction of sp³-hybridized carbons (Fsp3) is 0.133. The summed E-state index contributed by atoms with van der Waals surface area (Å²) in [6, 6.07) is 5.65. The average Bonchev–Trinajstić information content (AvgIpc) is 2.45. The van der Waals surface area contributed by atoms with E-state index in [0.717, 1.165) is 18.2 Å². The number of benzene rings is 2. The Morgan fingerprint density at radius 1 is 1.05 bits per heavy atom. The van der Waals surface area contributed by atoms with Gasteiger partial charge in [-0.3, -0.25) is 4.79 Å². The van der Waals surface area contributed by atoms with Crippen LogP contribution in [0.3, 0.4) is 0 Å². The van der Waals surface area contributed by atoms with Gasteiger partial charge in [-0.1, -0.05) is 11.8 Å². The van der Waals surface area contributed by atoms with E-state index < -0.39 is 29.5 Å². The van der Waals surface area contributed by atoms with E-state index >= 15 is 0 Å². The second kappa shape index (κ2) is 4.81. The molecule has 1 aliphatic rings. The van der Waals surface area contributed by atoms with Crippen molar-refractivity contribution >= 4 is 5.78 Å². The molecule has 0 radical (unpaired) electrons. The lowest BCUT2D eigenvalue weighted by atomic mass is 9.92. The van der Waals surface area contributed by atoms with Gasteiger partial charge in [0.25, 0.3) is 0 Å². The molecule has 4 N–H and O–H groups in total. The number of aliphatic hydroxyl groups excluding tert-OH is 1. The molecule has 0 aromatic heterocycles. The molecule has 7 heteroatoms. The van der Waals surface area contributed by atoms with Crippen LogP contribution in [0.5, 0.6) is 28.7 Å². The van der Waals surface area contributed by atoms with Gasteiger partial charge < -0.3 is 30.3 Å². The molecule has 0 bridgehead atoms. The first-order valence-electron chi connectivity index (χ1n) is 6.33. The number of hydrogen-bond donors (Lipinski definition) is 4. The zero-order chi connectivity index (χ0) is 16.0. The zero-order valence-electron chi connectivity index (χ0n) is 11.1. The number of ketones is 1. The van der Waals surface area contributed by atoms with Gasteiger partial charge in [0.1, 0.15) is 11.5 Å². The molecule has 0 spiro atoms. The number of aromatic hydroxyl groups is 3. The third kappa shape index (κ3) is 2.08. The highest BCUT2D eigenvalue weighted by atomic mass is 16.5. The van der Waals surface area contributed by atoms with Crippen LogP contribution in [0, 0.1) is 0 Å². The number of carbonyl (C=O) groups excluding carboxylic acids is 1. The maximum Gasteiger partial charge on any atom is 0.198 e. The van der Waals surface area contributed by atoms with Crippen LogP contribution in [-0.2, 0) is 0 Å². The van der Waals surface area contributed by atoms with Crippen LogP contribution in [0.15, 0.2) is 30.3 Å². The number of hydrogen-bond acceptors (Lipinski definition) is 7. The second-order valence-corrected chi connectivity index (χ2v) is 4.91. The number of ether oxygens (including phenoxy) is 1. The summed E-state index contributed by atoms with van der Waals surface area (Å²) in [7, 11) is 0. The number of aliphatic hydroxyl groups is 1. The highest BCUT2D eigenvalue weighted by molar-refractivity contribution is 6.05. The van der Waals surface area contributed by atoms with Crippen LogP contribution in [0.2, 0.25) is 0 Å². The van der Waals surface area contributed by atoms with Crippen LogP contribution in [0.4, 0.5) is 0 Å². The minimum atomic E-state index is -1.64. The topological polar surface area (TPSA) is 130 Å². The molecule has 0 amide bonds. The van der Waals surface area contributed by atoms with E-state index in [0.29, 0.717) is 0 Å². The molecule has 0 fully saturated rings. The number of rotatable bonds is 1. The van der Waals surface area contributed by atoms with Gasteiger partial charge in [0.2, 0.25) is 0 Å². The molecule has 2 atom stereocenters. The Labute approximate surface area is 124 Å². The van der Waals surface area contributed by atoms with E-state index in [4.69, 9.17) is 4.74 Å².